The van der Waals surface area contributed by atoms with Crippen LogP contribution in [0, 0.1) is 13.8 Å². The number of amides is 1. The van der Waals surface area contributed by atoms with Crippen molar-refractivity contribution in [3.63, 3.8) is 0 Å². The van der Waals surface area contributed by atoms with Crippen LogP contribution in [0.1, 0.15) is 21.8 Å². The van der Waals surface area contributed by atoms with Crippen molar-refractivity contribution in [1.82, 2.24) is 10.2 Å². The molecular formula is C21H23N5O3. The van der Waals surface area contributed by atoms with E-state index in [1.165, 1.54) is 0 Å². The van der Waals surface area contributed by atoms with Gasteiger partial charge in [-0.3, -0.25) is 4.79 Å². The minimum absolute atomic E-state index is 0.103. The Labute approximate surface area is 168 Å². The molecule has 1 aliphatic rings. The lowest BCUT2D eigenvalue weighted by atomic mass is 10.1. The van der Waals surface area contributed by atoms with E-state index >= 15 is 0 Å². The van der Waals surface area contributed by atoms with E-state index in [0.29, 0.717) is 5.69 Å². The molecule has 3 aromatic rings. The fraction of sp³-hybridized carbons (Fsp3) is 0.286. The number of nitrogens with zero attached hydrogens (tertiary/aromatic N) is 3. The van der Waals surface area contributed by atoms with Gasteiger partial charge in [0.15, 0.2) is 0 Å². The van der Waals surface area contributed by atoms with Crippen LogP contribution in [0.25, 0.3) is 0 Å². The van der Waals surface area contributed by atoms with Crippen LogP contribution in [0.15, 0.2) is 46.9 Å². The van der Waals surface area contributed by atoms with Gasteiger partial charge < -0.3 is 24.7 Å². The van der Waals surface area contributed by atoms with Gasteiger partial charge in [-0.2, -0.15) is 0 Å². The highest BCUT2D eigenvalue weighted by Crippen LogP contribution is 2.21. The van der Waals surface area contributed by atoms with E-state index in [4.69, 9.17) is 9.15 Å². The largest absolute Gasteiger partial charge is 0.399 e. The molecule has 1 aliphatic heterocycles. The van der Waals surface area contributed by atoms with Gasteiger partial charge in [-0.25, -0.2) is 0 Å². The number of aromatic nitrogens is 2. The number of aryl methyl sites for hydroxylation is 2. The summed E-state index contributed by atoms with van der Waals surface area (Å²) < 4.78 is 10.8. The predicted octanol–water partition coefficient (Wildman–Crippen LogP) is 3.52. The molecule has 0 aliphatic carbocycles. The van der Waals surface area contributed by atoms with Crippen molar-refractivity contribution in [3.05, 3.63) is 59.5 Å². The van der Waals surface area contributed by atoms with Crippen molar-refractivity contribution in [3.8, 4) is 0 Å². The first-order chi connectivity index (χ1) is 14.1. The van der Waals surface area contributed by atoms with E-state index in [1.54, 1.807) is 0 Å². The van der Waals surface area contributed by atoms with Gasteiger partial charge in [-0.15, -0.1) is 5.10 Å². The van der Waals surface area contributed by atoms with Gasteiger partial charge in [0.25, 0.3) is 0 Å². The molecule has 0 saturated carbocycles. The molecule has 150 valence electrons. The Kier molecular flexibility index (Phi) is 5.44. The highest BCUT2D eigenvalue weighted by Gasteiger charge is 2.16. The van der Waals surface area contributed by atoms with Crippen molar-refractivity contribution in [2.75, 3.05) is 41.8 Å². The topological polar surface area (TPSA) is 92.5 Å². The third kappa shape index (κ3) is 4.72. The molecule has 8 heteroatoms. The lowest BCUT2D eigenvalue weighted by molar-refractivity contribution is 0.0991. The summed E-state index contributed by atoms with van der Waals surface area (Å²) >= 11 is 0. The normalized spacial score (nSPS) is 13.9. The van der Waals surface area contributed by atoms with Gasteiger partial charge >= 0.3 is 17.8 Å². The number of benzene rings is 2. The number of carbonyl (C=O) groups excluding carboxylic acids is 1. The lowest BCUT2D eigenvalue weighted by Gasteiger charge is -2.28. The summed E-state index contributed by atoms with van der Waals surface area (Å²) in [5.41, 5.74) is 4.82. The fourth-order valence-corrected chi connectivity index (χ4v) is 3.30. The van der Waals surface area contributed by atoms with Gasteiger partial charge in [-0.1, -0.05) is 11.2 Å². The molecule has 29 heavy (non-hydrogen) atoms. The van der Waals surface area contributed by atoms with Crippen molar-refractivity contribution in [2.24, 2.45) is 0 Å². The van der Waals surface area contributed by atoms with Gasteiger partial charge in [0.2, 0.25) is 0 Å². The maximum atomic E-state index is 12.4. The Morgan fingerprint density at radius 1 is 0.966 bits per heavy atom. The summed E-state index contributed by atoms with van der Waals surface area (Å²) in [5.74, 6) is -0.556. The van der Waals surface area contributed by atoms with Gasteiger partial charge in [-0.05, 0) is 61.4 Å². The Hall–Kier alpha value is -3.39. The number of nitrogens with one attached hydrogen (secondary N) is 2. The molecule has 2 N–H and O–H groups in total. The average molecular weight is 393 g/mol. The van der Waals surface area contributed by atoms with Crippen molar-refractivity contribution in [2.45, 2.75) is 13.8 Å². The number of carbonyl (C=O) groups is 1. The summed E-state index contributed by atoms with van der Waals surface area (Å²) in [6, 6.07) is 13.8. The van der Waals surface area contributed by atoms with Crippen LogP contribution < -0.4 is 15.5 Å². The van der Waals surface area contributed by atoms with Crippen LogP contribution in [0.5, 0.6) is 0 Å². The second-order valence-electron chi connectivity index (χ2n) is 7.01. The molecule has 1 aromatic heterocycles. The molecule has 2 aromatic carbocycles. The summed E-state index contributed by atoms with van der Waals surface area (Å²) in [6.07, 6.45) is 0. The minimum Gasteiger partial charge on any atom is -0.399 e. The average Bonchev–Trinajstić information content (AvgIpc) is 3.17. The first kappa shape index (κ1) is 18.9. The fourth-order valence-electron chi connectivity index (χ4n) is 3.30. The predicted molar refractivity (Wildman–Crippen MR) is 111 cm³/mol. The van der Waals surface area contributed by atoms with Crippen molar-refractivity contribution < 1.29 is 13.9 Å². The summed E-state index contributed by atoms with van der Waals surface area (Å²) in [5, 5.41) is 13.5. The van der Waals surface area contributed by atoms with Crippen LogP contribution in [0.2, 0.25) is 0 Å². The number of rotatable bonds is 5. The van der Waals surface area contributed by atoms with Crippen molar-refractivity contribution in [1.29, 1.82) is 0 Å². The Bertz CT molecular complexity index is 974. The van der Waals surface area contributed by atoms with Gasteiger partial charge in [0.05, 0.1) is 13.2 Å². The summed E-state index contributed by atoms with van der Waals surface area (Å²) in [6.45, 7) is 7.21. The molecule has 2 heterocycles. The molecule has 4 rings (SSSR count). The number of morpholine rings is 1. The Morgan fingerprint density at radius 2 is 1.66 bits per heavy atom. The summed E-state index contributed by atoms with van der Waals surface area (Å²) in [4.78, 5) is 14.7. The molecule has 0 spiro atoms. The second kappa shape index (κ2) is 8.32. The van der Waals surface area contributed by atoms with Gasteiger partial charge in [0.1, 0.15) is 0 Å². The zero-order valence-electron chi connectivity index (χ0n) is 16.4. The van der Waals surface area contributed by atoms with Crippen molar-refractivity contribution >= 4 is 29.0 Å². The molecule has 0 radical (unpaired) electrons. The van der Waals surface area contributed by atoms with Crippen LogP contribution in [-0.4, -0.2) is 42.4 Å². The number of ether oxygens (including phenoxy) is 1. The zero-order valence-corrected chi connectivity index (χ0v) is 16.4. The van der Waals surface area contributed by atoms with Crippen LogP contribution in [0.4, 0.5) is 23.1 Å². The Morgan fingerprint density at radius 3 is 2.34 bits per heavy atom. The van der Waals surface area contributed by atoms with E-state index in [0.717, 1.165) is 48.8 Å². The van der Waals surface area contributed by atoms with Crippen LogP contribution in [-0.2, 0) is 4.74 Å². The van der Waals surface area contributed by atoms with E-state index in [-0.39, 0.29) is 11.9 Å². The number of hydrogen-bond acceptors (Lipinski definition) is 7. The molecule has 0 unspecified atom stereocenters. The van der Waals surface area contributed by atoms with Gasteiger partial charge in [0, 0.05) is 30.2 Å². The highest BCUT2D eigenvalue weighted by atomic mass is 16.5. The number of anilines is 4. The SMILES string of the molecule is Cc1cc(C)cc(Nc2nnc(C(=O)Nc3ccc(N4CCOCC4)cc3)o2)c1. The number of hydrogen-bond donors (Lipinski definition) is 2. The third-order valence-corrected chi connectivity index (χ3v) is 4.59. The summed E-state index contributed by atoms with van der Waals surface area (Å²) in [7, 11) is 0. The maximum Gasteiger partial charge on any atom is 0.320 e. The molecule has 1 saturated heterocycles. The smallest absolute Gasteiger partial charge is 0.320 e. The molecule has 1 fully saturated rings. The minimum atomic E-state index is -0.454. The molecule has 0 atom stereocenters. The van der Waals surface area contributed by atoms with E-state index in [9.17, 15) is 4.79 Å². The quantitative estimate of drug-likeness (QED) is 0.685. The third-order valence-electron chi connectivity index (χ3n) is 4.59. The zero-order chi connectivity index (χ0) is 20.2. The first-order valence-corrected chi connectivity index (χ1v) is 9.50. The van der Waals surface area contributed by atoms with E-state index in [2.05, 4.69) is 31.8 Å². The molecular weight excluding hydrogens is 370 g/mol. The second-order valence-corrected chi connectivity index (χ2v) is 7.01. The Balaban J connectivity index is 1.38. The standard InChI is InChI=1S/C21H23N5O3/c1-14-11-15(2)13-17(12-14)23-21-25-24-20(29-21)19(27)22-16-3-5-18(6-4-16)26-7-9-28-10-8-26/h3-6,11-13H,7-10H2,1-2H3,(H,22,27)(H,23,25). The monoisotopic (exact) mass is 393 g/mol. The van der Waals surface area contributed by atoms with Crippen LogP contribution >= 0.6 is 0 Å². The van der Waals surface area contributed by atoms with E-state index < -0.39 is 5.91 Å². The lowest BCUT2D eigenvalue weighted by Crippen LogP contribution is -2.36. The maximum absolute atomic E-state index is 12.4. The highest BCUT2D eigenvalue weighted by molar-refractivity contribution is 6.01. The molecule has 0 bridgehead atoms. The molecule has 8 nitrogen and oxygen atoms in total. The van der Waals surface area contributed by atoms with Crippen LogP contribution in [0.3, 0.4) is 0 Å². The molecule has 1 amide bonds. The van der Waals surface area contributed by atoms with E-state index in [1.807, 2.05) is 50.2 Å². The first-order valence-electron chi connectivity index (χ1n) is 9.50.